The van der Waals surface area contributed by atoms with Crippen molar-refractivity contribution in [3.63, 3.8) is 0 Å². The minimum atomic E-state index is -0.441. The molecule has 3 rings (SSSR count). The maximum Gasteiger partial charge on any atom is 0.309 e. The number of phenols is 1. The second-order valence-electron chi connectivity index (χ2n) is 5.48. The van der Waals surface area contributed by atoms with Crippen molar-refractivity contribution in [2.75, 3.05) is 0 Å². The zero-order valence-electron chi connectivity index (χ0n) is 13.7. The minimum absolute atomic E-state index is 0.0683. The Morgan fingerprint density at radius 3 is 2.56 bits per heavy atom. The van der Waals surface area contributed by atoms with Gasteiger partial charge in [-0.3, -0.25) is 14.2 Å². The number of carbonyl (C=O) groups excluding carboxylic acids is 1. The number of carbonyl (C=O) groups is 1. The van der Waals surface area contributed by atoms with Crippen LogP contribution in [-0.4, -0.2) is 21.8 Å². The fourth-order valence-corrected chi connectivity index (χ4v) is 3.59. The molecule has 0 saturated heterocycles. The van der Waals surface area contributed by atoms with Crippen LogP contribution in [0.4, 0.5) is 0 Å². The quantitative estimate of drug-likeness (QED) is 0.443. The molecule has 0 unspecified atom stereocenters. The van der Waals surface area contributed by atoms with E-state index in [2.05, 4.69) is 26.5 Å². The Hall–Kier alpha value is -2.42. The van der Waals surface area contributed by atoms with E-state index in [4.69, 9.17) is 11.6 Å². The van der Waals surface area contributed by atoms with E-state index in [1.807, 2.05) is 24.3 Å². The van der Waals surface area contributed by atoms with Crippen LogP contribution in [0.15, 0.2) is 62.9 Å². The first-order valence-corrected chi connectivity index (χ1v) is 9.69. The van der Waals surface area contributed by atoms with Crippen LogP contribution >= 0.6 is 38.9 Å². The van der Waals surface area contributed by atoms with Gasteiger partial charge in [-0.2, -0.15) is 5.10 Å². The maximum absolute atomic E-state index is 12.2. The molecule has 6 nitrogen and oxygen atoms in total. The monoisotopic (exact) mass is 465 g/mol. The summed E-state index contributed by atoms with van der Waals surface area (Å²) in [6.45, 7) is 0.342. The number of phenolic OH excluding ortho intramolecular Hbond substituents is 1. The summed E-state index contributed by atoms with van der Waals surface area (Å²) in [6, 6.07) is 13.3. The molecule has 0 aliphatic carbocycles. The highest BCUT2D eigenvalue weighted by molar-refractivity contribution is 9.10. The molecule has 0 radical (unpaired) electrons. The predicted octanol–water partition coefficient (Wildman–Crippen LogP) is 3.84. The van der Waals surface area contributed by atoms with Crippen molar-refractivity contribution in [3.05, 3.63) is 83.8 Å². The van der Waals surface area contributed by atoms with E-state index in [9.17, 15) is 14.7 Å². The summed E-state index contributed by atoms with van der Waals surface area (Å²) in [5.41, 5.74) is 3.64. The van der Waals surface area contributed by atoms with Crippen LogP contribution in [0.3, 0.4) is 0 Å². The summed E-state index contributed by atoms with van der Waals surface area (Å²) in [5, 5.41) is 13.3. The molecule has 27 heavy (non-hydrogen) atoms. The van der Waals surface area contributed by atoms with Gasteiger partial charge in [-0.15, -0.1) is 0 Å². The molecule has 0 fully saturated rings. The molecule has 3 aromatic rings. The minimum Gasteiger partial charge on any atom is -0.508 e. The number of rotatable bonds is 5. The number of benzene rings is 2. The van der Waals surface area contributed by atoms with Gasteiger partial charge >= 0.3 is 4.87 Å². The Labute approximate surface area is 171 Å². The molecular weight excluding hydrogens is 454 g/mol. The van der Waals surface area contributed by atoms with Crippen molar-refractivity contribution in [3.8, 4) is 5.75 Å². The first-order valence-electron chi connectivity index (χ1n) is 7.70. The molecule has 138 valence electrons. The highest BCUT2D eigenvalue weighted by Crippen LogP contribution is 2.19. The third kappa shape index (κ3) is 4.85. The lowest BCUT2D eigenvalue weighted by molar-refractivity contribution is 0.0955. The lowest BCUT2D eigenvalue weighted by Crippen LogP contribution is -2.17. The third-order valence-corrected chi connectivity index (χ3v) is 5.55. The Morgan fingerprint density at radius 2 is 1.89 bits per heavy atom. The summed E-state index contributed by atoms with van der Waals surface area (Å²) in [7, 11) is 0. The molecule has 0 atom stereocenters. The lowest BCUT2D eigenvalue weighted by atomic mass is 10.2. The Kier molecular flexibility index (Phi) is 6.10. The first kappa shape index (κ1) is 19.3. The summed E-state index contributed by atoms with van der Waals surface area (Å²) >= 11 is 10.6. The van der Waals surface area contributed by atoms with E-state index in [1.54, 1.807) is 0 Å². The number of hydrazone groups is 1. The molecule has 1 amide bonds. The van der Waals surface area contributed by atoms with Crippen LogP contribution in [0, 0.1) is 0 Å². The molecule has 2 N–H and O–H groups in total. The van der Waals surface area contributed by atoms with Gasteiger partial charge in [0.25, 0.3) is 5.91 Å². The summed E-state index contributed by atoms with van der Waals surface area (Å²) in [5.74, 6) is -0.372. The van der Waals surface area contributed by atoms with Crippen molar-refractivity contribution in [1.29, 1.82) is 0 Å². The van der Waals surface area contributed by atoms with Crippen LogP contribution in [0.1, 0.15) is 20.8 Å². The summed E-state index contributed by atoms with van der Waals surface area (Å²) in [4.78, 5) is 24.4. The Balaban J connectivity index is 1.71. The van der Waals surface area contributed by atoms with Crippen molar-refractivity contribution in [2.45, 2.75) is 6.54 Å². The molecule has 1 heterocycles. The van der Waals surface area contributed by atoms with Gasteiger partial charge in [0.05, 0.1) is 17.6 Å². The third-order valence-electron chi connectivity index (χ3n) is 3.59. The van der Waals surface area contributed by atoms with Crippen molar-refractivity contribution < 1.29 is 9.90 Å². The van der Waals surface area contributed by atoms with Crippen LogP contribution in [-0.2, 0) is 6.54 Å². The number of halogens is 2. The highest BCUT2D eigenvalue weighted by Gasteiger charge is 2.12. The van der Waals surface area contributed by atoms with Crippen LogP contribution in [0.2, 0.25) is 5.15 Å². The summed E-state index contributed by atoms with van der Waals surface area (Å²) in [6.07, 6.45) is 1.34. The van der Waals surface area contributed by atoms with E-state index in [0.717, 1.165) is 21.4 Å². The van der Waals surface area contributed by atoms with Crippen molar-refractivity contribution in [2.24, 2.45) is 5.10 Å². The van der Waals surface area contributed by atoms with Gasteiger partial charge < -0.3 is 5.11 Å². The van der Waals surface area contributed by atoms with E-state index in [0.29, 0.717) is 17.0 Å². The molecule has 9 heteroatoms. The lowest BCUT2D eigenvalue weighted by Gasteiger charge is -2.04. The number of amides is 1. The Morgan fingerprint density at radius 1 is 1.22 bits per heavy atom. The van der Waals surface area contributed by atoms with Gasteiger partial charge in [0.2, 0.25) is 0 Å². The van der Waals surface area contributed by atoms with E-state index in [1.165, 1.54) is 35.0 Å². The molecule has 2 aromatic carbocycles. The molecule has 1 aromatic heterocycles. The van der Waals surface area contributed by atoms with Crippen molar-refractivity contribution in [1.82, 2.24) is 9.99 Å². The fraction of sp³-hybridized carbons (Fsp3) is 0.0556. The highest BCUT2D eigenvalue weighted by atomic mass is 79.9. The average Bonchev–Trinajstić information content (AvgIpc) is 2.91. The standard InChI is InChI=1S/C18H13BrClN3O3S/c19-13-5-1-11(2-6-13)10-23-16(20)15(27-18(23)26)9-21-22-17(25)12-3-7-14(24)8-4-12/h1-9,24H,10H2,(H,22,25). The second kappa shape index (κ2) is 8.51. The van der Waals surface area contributed by atoms with Gasteiger partial charge in [0.1, 0.15) is 10.9 Å². The number of aromatic hydroxyl groups is 1. The summed E-state index contributed by atoms with van der Waals surface area (Å²) < 4.78 is 2.39. The zero-order chi connectivity index (χ0) is 19.4. The number of hydrogen-bond acceptors (Lipinski definition) is 5. The van der Waals surface area contributed by atoms with Crippen molar-refractivity contribution >= 4 is 51.0 Å². The van der Waals surface area contributed by atoms with Gasteiger partial charge in [-0.1, -0.05) is 51.0 Å². The number of nitrogens with zero attached hydrogens (tertiary/aromatic N) is 2. The number of hydrogen-bond donors (Lipinski definition) is 2. The fourth-order valence-electron chi connectivity index (χ4n) is 2.22. The SMILES string of the molecule is O=C(NN=Cc1sc(=O)n(Cc2ccc(Br)cc2)c1Cl)c1ccc(O)cc1. The average molecular weight is 467 g/mol. The molecule has 0 saturated carbocycles. The molecular formula is C18H13BrClN3O3S. The topological polar surface area (TPSA) is 83.7 Å². The first-order chi connectivity index (χ1) is 12.9. The number of aromatic nitrogens is 1. The normalized spacial score (nSPS) is 11.0. The molecule has 0 aliphatic rings. The smallest absolute Gasteiger partial charge is 0.309 e. The molecule has 0 spiro atoms. The van der Waals surface area contributed by atoms with Gasteiger partial charge in [-0.05, 0) is 42.0 Å². The van der Waals surface area contributed by atoms with E-state index in [-0.39, 0.29) is 15.8 Å². The van der Waals surface area contributed by atoms with E-state index < -0.39 is 5.91 Å². The number of thiazole rings is 1. The van der Waals surface area contributed by atoms with Crippen LogP contribution < -0.4 is 10.3 Å². The second-order valence-corrected chi connectivity index (χ2v) is 7.75. The van der Waals surface area contributed by atoms with Crippen LogP contribution in [0.5, 0.6) is 5.75 Å². The van der Waals surface area contributed by atoms with Gasteiger partial charge in [0, 0.05) is 10.0 Å². The molecule has 0 bridgehead atoms. The van der Waals surface area contributed by atoms with Gasteiger partial charge in [-0.25, -0.2) is 5.43 Å². The van der Waals surface area contributed by atoms with E-state index >= 15 is 0 Å². The largest absolute Gasteiger partial charge is 0.508 e. The zero-order valence-corrected chi connectivity index (χ0v) is 16.9. The van der Waals surface area contributed by atoms with Gasteiger partial charge in [0.15, 0.2) is 0 Å². The predicted molar refractivity (Wildman–Crippen MR) is 110 cm³/mol. The Bertz CT molecular complexity index is 1040. The van der Waals surface area contributed by atoms with Crippen LogP contribution in [0.25, 0.3) is 0 Å². The maximum atomic E-state index is 12.2. The number of nitrogens with one attached hydrogen (secondary N) is 1. The molecule has 0 aliphatic heterocycles.